The van der Waals surface area contributed by atoms with Crippen molar-refractivity contribution < 1.29 is 4.74 Å². The van der Waals surface area contributed by atoms with Crippen LogP contribution in [0.15, 0.2) is 206 Å². The average molecular weight is 747 g/mol. The van der Waals surface area contributed by atoms with E-state index in [0.717, 1.165) is 16.9 Å². The van der Waals surface area contributed by atoms with Crippen molar-refractivity contribution in [2.24, 2.45) is 0 Å². The van der Waals surface area contributed by atoms with Gasteiger partial charge in [0, 0.05) is 16.5 Å². The van der Waals surface area contributed by atoms with E-state index in [1.807, 2.05) is 0 Å². The fourth-order valence-electron chi connectivity index (χ4n) is 12.0. The third kappa shape index (κ3) is 3.69. The minimum Gasteiger partial charge on any atom is -0.456 e. The maximum atomic E-state index is 7.10. The number of hydrogen-bond donors (Lipinski definition) is 0. The van der Waals surface area contributed by atoms with E-state index in [0.29, 0.717) is 0 Å². The standard InChI is InChI=1S/C58H34O/c1-2-16-37-35(15-1)30-32-51-55(37)44-22-8-12-26-49(44)58(51)48-25-11-7-20-41(48)42-31-29-36(33-52(42)58)45-34-53-56(43-21-4-3-17-38(43)45)59-54-28-14-13-27-50(54)57(53)46-23-9-5-18-39(46)40-19-6-10-24-47(40)57/h1-34H. The van der Waals surface area contributed by atoms with Crippen LogP contribution in [0, 0.1) is 0 Å². The Morgan fingerprint density at radius 1 is 0.288 bits per heavy atom. The summed E-state index contributed by atoms with van der Waals surface area (Å²) in [6.45, 7) is 0. The van der Waals surface area contributed by atoms with E-state index in [-0.39, 0.29) is 0 Å². The molecular formula is C58H34O. The zero-order chi connectivity index (χ0) is 38.5. The number of hydrogen-bond acceptors (Lipinski definition) is 1. The topological polar surface area (TPSA) is 9.23 Å². The predicted octanol–water partition coefficient (Wildman–Crippen LogP) is 14.5. The SMILES string of the molecule is c1ccc2c(c1)Oc1c(cc(-c3ccc4c(c3)C3(c5ccccc5-4)c4ccccc4-c4c3ccc3ccccc43)c3ccccc13)C21c2ccccc2-c2ccccc21. The van der Waals surface area contributed by atoms with Crippen LogP contribution in [0.3, 0.4) is 0 Å². The van der Waals surface area contributed by atoms with E-state index in [4.69, 9.17) is 4.74 Å². The van der Waals surface area contributed by atoms with E-state index in [9.17, 15) is 0 Å². The third-order valence-corrected chi connectivity index (χ3v) is 14.1. The molecule has 272 valence electrons. The first-order valence-electron chi connectivity index (χ1n) is 20.7. The second-order valence-electron chi connectivity index (χ2n) is 16.6. The highest BCUT2D eigenvalue weighted by molar-refractivity contribution is 6.08. The molecule has 14 rings (SSSR count). The first kappa shape index (κ1) is 31.6. The van der Waals surface area contributed by atoms with Crippen LogP contribution in [-0.2, 0) is 10.8 Å². The van der Waals surface area contributed by atoms with E-state index in [2.05, 4.69) is 206 Å². The fourth-order valence-corrected chi connectivity index (χ4v) is 12.0. The molecule has 0 amide bonds. The summed E-state index contributed by atoms with van der Waals surface area (Å²) in [5.74, 6) is 1.85. The molecule has 1 unspecified atom stereocenters. The summed E-state index contributed by atoms with van der Waals surface area (Å²) < 4.78 is 7.10. The van der Waals surface area contributed by atoms with Crippen LogP contribution < -0.4 is 4.74 Å². The van der Waals surface area contributed by atoms with Crippen LogP contribution >= 0.6 is 0 Å². The Bertz CT molecular complexity index is 3450. The zero-order valence-corrected chi connectivity index (χ0v) is 32.0. The van der Waals surface area contributed by atoms with E-state index >= 15 is 0 Å². The largest absolute Gasteiger partial charge is 0.456 e. The highest BCUT2D eigenvalue weighted by Crippen LogP contribution is 2.66. The summed E-state index contributed by atoms with van der Waals surface area (Å²) in [4.78, 5) is 0. The van der Waals surface area contributed by atoms with Gasteiger partial charge in [0.1, 0.15) is 11.5 Å². The maximum Gasteiger partial charge on any atom is 0.140 e. The van der Waals surface area contributed by atoms with Gasteiger partial charge >= 0.3 is 0 Å². The van der Waals surface area contributed by atoms with E-state index in [1.54, 1.807) is 0 Å². The van der Waals surface area contributed by atoms with Crippen molar-refractivity contribution in [2.45, 2.75) is 10.8 Å². The first-order chi connectivity index (χ1) is 29.3. The van der Waals surface area contributed by atoms with Gasteiger partial charge in [-0.3, -0.25) is 0 Å². The molecule has 0 saturated carbocycles. The summed E-state index contributed by atoms with van der Waals surface area (Å²) >= 11 is 0. The molecule has 2 spiro atoms. The van der Waals surface area contributed by atoms with Gasteiger partial charge in [-0.15, -0.1) is 0 Å². The monoisotopic (exact) mass is 746 g/mol. The first-order valence-corrected chi connectivity index (χ1v) is 20.7. The minimum absolute atomic E-state index is 0.464. The van der Waals surface area contributed by atoms with Crippen LogP contribution in [0.4, 0.5) is 0 Å². The second-order valence-corrected chi connectivity index (χ2v) is 16.6. The third-order valence-electron chi connectivity index (χ3n) is 14.1. The molecular weight excluding hydrogens is 713 g/mol. The number of benzene rings is 10. The Morgan fingerprint density at radius 2 is 0.797 bits per heavy atom. The Morgan fingerprint density at radius 3 is 1.49 bits per heavy atom. The lowest BCUT2D eigenvalue weighted by Crippen LogP contribution is -2.32. The number of rotatable bonds is 1. The second kappa shape index (κ2) is 11.1. The van der Waals surface area contributed by atoms with Crippen LogP contribution in [0.25, 0.3) is 66.1 Å². The molecule has 10 aromatic carbocycles. The highest BCUT2D eigenvalue weighted by Gasteiger charge is 2.53. The lowest BCUT2D eigenvalue weighted by atomic mass is 9.65. The number of fused-ring (bicyclic) bond motifs is 23. The molecule has 1 atom stereocenters. The van der Waals surface area contributed by atoms with Gasteiger partial charge in [-0.2, -0.15) is 0 Å². The van der Waals surface area contributed by atoms with Crippen LogP contribution in [0.2, 0.25) is 0 Å². The van der Waals surface area contributed by atoms with Gasteiger partial charge < -0.3 is 4.74 Å². The van der Waals surface area contributed by atoms with Gasteiger partial charge in [0.05, 0.1) is 10.8 Å². The molecule has 3 aliphatic carbocycles. The van der Waals surface area contributed by atoms with Gasteiger partial charge in [0.15, 0.2) is 0 Å². The Hall–Kier alpha value is -7.48. The molecule has 59 heavy (non-hydrogen) atoms. The summed E-state index contributed by atoms with van der Waals surface area (Å²) in [7, 11) is 0. The average Bonchev–Trinajstić information content (AvgIpc) is 3.89. The molecule has 1 nitrogen and oxygen atoms in total. The maximum absolute atomic E-state index is 7.10. The smallest absolute Gasteiger partial charge is 0.140 e. The summed E-state index contributed by atoms with van der Waals surface area (Å²) in [6, 6.07) is 77.2. The van der Waals surface area contributed by atoms with Crippen LogP contribution in [-0.4, -0.2) is 0 Å². The Kier molecular flexibility index (Phi) is 5.96. The van der Waals surface area contributed by atoms with Crippen molar-refractivity contribution in [1.29, 1.82) is 0 Å². The van der Waals surface area contributed by atoms with Gasteiger partial charge in [0.25, 0.3) is 0 Å². The Labute approximate surface area is 342 Å². The molecule has 0 bridgehead atoms. The van der Waals surface area contributed by atoms with Crippen molar-refractivity contribution >= 4 is 21.5 Å². The van der Waals surface area contributed by atoms with Crippen molar-refractivity contribution in [3.8, 4) is 56.0 Å². The molecule has 10 aromatic rings. The van der Waals surface area contributed by atoms with E-state index < -0.39 is 10.8 Å². The summed E-state index contributed by atoms with van der Waals surface area (Å²) in [5, 5.41) is 4.88. The van der Waals surface area contributed by atoms with Crippen molar-refractivity contribution in [2.75, 3.05) is 0 Å². The van der Waals surface area contributed by atoms with Gasteiger partial charge in [-0.25, -0.2) is 0 Å². The van der Waals surface area contributed by atoms with Gasteiger partial charge in [-0.05, 0) is 112 Å². The molecule has 0 fully saturated rings. The predicted molar refractivity (Wildman–Crippen MR) is 241 cm³/mol. The van der Waals surface area contributed by atoms with Crippen LogP contribution in [0.1, 0.15) is 44.5 Å². The molecule has 1 aliphatic heterocycles. The van der Waals surface area contributed by atoms with Crippen LogP contribution in [0.5, 0.6) is 11.5 Å². The van der Waals surface area contributed by atoms with Gasteiger partial charge in [-0.1, -0.05) is 188 Å². The molecule has 0 saturated heterocycles. The molecule has 0 aromatic heterocycles. The highest BCUT2D eigenvalue weighted by atomic mass is 16.5. The van der Waals surface area contributed by atoms with Crippen molar-refractivity contribution in [3.63, 3.8) is 0 Å². The summed E-state index contributed by atoms with van der Waals surface area (Å²) in [5.41, 5.74) is 19.6. The van der Waals surface area contributed by atoms with Crippen molar-refractivity contribution in [1.82, 2.24) is 0 Å². The fraction of sp³-hybridized carbons (Fsp3) is 0.0345. The molecule has 1 heterocycles. The van der Waals surface area contributed by atoms with Crippen molar-refractivity contribution in [3.05, 3.63) is 251 Å². The number of para-hydroxylation sites is 1. The lowest BCUT2D eigenvalue weighted by Gasteiger charge is -2.40. The summed E-state index contributed by atoms with van der Waals surface area (Å²) in [6.07, 6.45) is 0. The van der Waals surface area contributed by atoms with E-state index in [1.165, 1.54) is 105 Å². The Balaban J connectivity index is 1.10. The molecule has 4 aliphatic rings. The lowest BCUT2D eigenvalue weighted by molar-refractivity contribution is 0.442. The number of ether oxygens (including phenoxy) is 1. The zero-order valence-electron chi connectivity index (χ0n) is 32.0. The minimum atomic E-state index is -0.561. The quantitative estimate of drug-likeness (QED) is 0.163. The molecule has 0 radical (unpaired) electrons. The molecule has 1 heteroatoms. The van der Waals surface area contributed by atoms with Gasteiger partial charge in [0.2, 0.25) is 0 Å². The molecule has 0 N–H and O–H groups in total. The normalized spacial score (nSPS) is 16.5.